The Morgan fingerprint density at radius 1 is 1.33 bits per heavy atom. The fraction of sp³-hybridized carbons (Fsp3) is 0.909. The molecule has 0 saturated carbocycles. The molecule has 0 amide bonds. The molecule has 0 aliphatic rings. The molecule has 0 heterocycles. The van der Waals surface area contributed by atoms with Crippen LogP contribution < -0.4 is 0 Å². The maximum absolute atomic E-state index is 10.9. The van der Waals surface area contributed by atoms with Crippen molar-refractivity contribution in [1.29, 1.82) is 0 Å². The van der Waals surface area contributed by atoms with E-state index in [9.17, 15) is 4.79 Å². The predicted molar refractivity (Wildman–Crippen MR) is 60.0 cm³/mol. The van der Waals surface area contributed by atoms with E-state index in [1.165, 1.54) is 0 Å². The largest absolute Gasteiger partial charge is 0.481 e. The summed E-state index contributed by atoms with van der Waals surface area (Å²) in [6, 6.07) is 0.356. The number of ether oxygens (including phenoxy) is 1. The molecule has 0 aromatic carbocycles. The molecule has 2 unspecified atom stereocenters. The number of hydrogen-bond acceptors (Lipinski definition) is 3. The van der Waals surface area contributed by atoms with Gasteiger partial charge in [-0.2, -0.15) is 0 Å². The van der Waals surface area contributed by atoms with Gasteiger partial charge in [0, 0.05) is 25.7 Å². The second kappa shape index (κ2) is 6.80. The van der Waals surface area contributed by atoms with Crippen LogP contribution in [0.25, 0.3) is 0 Å². The molecule has 0 saturated heterocycles. The first-order chi connectivity index (χ1) is 6.91. The lowest BCUT2D eigenvalue weighted by Gasteiger charge is -2.34. The average molecular weight is 217 g/mol. The van der Waals surface area contributed by atoms with Crippen LogP contribution >= 0.6 is 0 Å². The maximum atomic E-state index is 10.9. The summed E-state index contributed by atoms with van der Waals surface area (Å²) in [6.45, 7) is 9.24. The highest BCUT2D eigenvalue weighted by atomic mass is 16.5. The lowest BCUT2D eigenvalue weighted by molar-refractivity contribution is -0.143. The third-order valence-corrected chi connectivity index (χ3v) is 2.85. The molecule has 4 heteroatoms. The van der Waals surface area contributed by atoms with Crippen LogP contribution in [0.2, 0.25) is 0 Å². The second-order valence-corrected chi connectivity index (χ2v) is 4.19. The fourth-order valence-electron chi connectivity index (χ4n) is 1.62. The normalized spacial score (nSPS) is 15.7. The van der Waals surface area contributed by atoms with Crippen molar-refractivity contribution in [3.05, 3.63) is 0 Å². The molecular weight excluding hydrogens is 194 g/mol. The quantitative estimate of drug-likeness (QED) is 0.701. The molecule has 4 nitrogen and oxygen atoms in total. The van der Waals surface area contributed by atoms with E-state index in [0.29, 0.717) is 12.6 Å². The molecule has 0 aliphatic carbocycles. The Hall–Kier alpha value is -0.610. The SMILES string of the molecule is COCCN(C(C)C)C(C)C(C)C(=O)O. The first kappa shape index (κ1) is 14.4. The first-order valence-corrected chi connectivity index (χ1v) is 5.39. The zero-order chi connectivity index (χ0) is 12.0. The van der Waals surface area contributed by atoms with Crippen molar-refractivity contribution in [2.24, 2.45) is 5.92 Å². The van der Waals surface area contributed by atoms with Gasteiger partial charge in [-0.05, 0) is 20.8 Å². The van der Waals surface area contributed by atoms with Gasteiger partial charge in [-0.15, -0.1) is 0 Å². The Labute approximate surface area is 92.2 Å². The van der Waals surface area contributed by atoms with E-state index in [1.807, 2.05) is 6.92 Å². The third kappa shape index (κ3) is 4.62. The molecule has 0 aromatic heterocycles. The van der Waals surface area contributed by atoms with Crippen LogP contribution in [0.4, 0.5) is 0 Å². The van der Waals surface area contributed by atoms with E-state index in [4.69, 9.17) is 9.84 Å². The van der Waals surface area contributed by atoms with Crippen LogP contribution in [-0.4, -0.2) is 48.3 Å². The second-order valence-electron chi connectivity index (χ2n) is 4.19. The topological polar surface area (TPSA) is 49.8 Å². The summed E-state index contributed by atoms with van der Waals surface area (Å²) in [5.74, 6) is -1.10. The van der Waals surface area contributed by atoms with Gasteiger partial charge in [0.15, 0.2) is 0 Å². The zero-order valence-corrected chi connectivity index (χ0v) is 10.4. The van der Waals surface area contributed by atoms with Crippen molar-refractivity contribution in [1.82, 2.24) is 4.90 Å². The van der Waals surface area contributed by atoms with Crippen LogP contribution in [0, 0.1) is 5.92 Å². The molecule has 0 rings (SSSR count). The first-order valence-electron chi connectivity index (χ1n) is 5.39. The number of hydrogen-bond donors (Lipinski definition) is 1. The average Bonchev–Trinajstić information content (AvgIpc) is 2.16. The Kier molecular flexibility index (Phi) is 6.52. The molecule has 0 radical (unpaired) electrons. The summed E-state index contributed by atoms with van der Waals surface area (Å²) in [4.78, 5) is 13.0. The Bertz CT molecular complexity index is 194. The molecule has 0 aromatic rings. The van der Waals surface area contributed by atoms with E-state index in [2.05, 4.69) is 18.7 Å². The van der Waals surface area contributed by atoms with E-state index < -0.39 is 5.97 Å². The summed E-state index contributed by atoms with van der Waals surface area (Å²) >= 11 is 0. The van der Waals surface area contributed by atoms with Crippen molar-refractivity contribution in [3.8, 4) is 0 Å². The van der Waals surface area contributed by atoms with Crippen LogP contribution in [0.3, 0.4) is 0 Å². The van der Waals surface area contributed by atoms with E-state index in [-0.39, 0.29) is 12.0 Å². The van der Waals surface area contributed by atoms with Gasteiger partial charge >= 0.3 is 5.97 Å². The molecule has 2 atom stereocenters. The molecular formula is C11H23NO3. The molecule has 15 heavy (non-hydrogen) atoms. The summed E-state index contributed by atoms with van der Waals surface area (Å²) in [6.07, 6.45) is 0. The smallest absolute Gasteiger partial charge is 0.307 e. The minimum atomic E-state index is -0.745. The number of carboxylic acids is 1. The van der Waals surface area contributed by atoms with Gasteiger partial charge in [-0.25, -0.2) is 0 Å². The van der Waals surface area contributed by atoms with E-state index >= 15 is 0 Å². The van der Waals surface area contributed by atoms with Gasteiger partial charge in [0.25, 0.3) is 0 Å². The molecule has 0 bridgehead atoms. The number of rotatable bonds is 7. The zero-order valence-electron chi connectivity index (χ0n) is 10.4. The minimum absolute atomic E-state index is 0.0256. The van der Waals surface area contributed by atoms with Gasteiger partial charge in [0.1, 0.15) is 0 Å². The van der Waals surface area contributed by atoms with Crippen LogP contribution in [-0.2, 0) is 9.53 Å². The van der Waals surface area contributed by atoms with Crippen molar-refractivity contribution in [2.75, 3.05) is 20.3 Å². The van der Waals surface area contributed by atoms with Gasteiger partial charge in [-0.3, -0.25) is 9.69 Å². The third-order valence-electron chi connectivity index (χ3n) is 2.85. The number of carboxylic acid groups (broad SMARTS) is 1. The Morgan fingerprint density at radius 3 is 2.20 bits per heavy atom. The number of nitrogens with zero attached hydrogens (tertiary/aromatic N) is 1. The minimum Gasteiger partial charge on any atom is -0.481 e. The summed E-state index contributed by atoms with van der Waals surface area (Å²) < 4.78 is 5.02. The highest BCUT2D eigenvalue weighted by Crippen LogP contribution is 2.14. The fourth-order valence-corrected chi connectivity index (χ4v) is 1.62. The highest BCUT2D eigenvalue weighted by Gasteiger charge is 2.26. The van der Waals surface area contributed by atoms with Crippen molar-refractivity contribution < 1.29 is 14.6 Å². The highest BCUT2D eigenvalue weighted by molar-refractivity contribution is 5.70. The van der Waals surface area contributed by atoms with Crippen LogP contribution in [0.5, 0.6) is 0 Å². The lowest BCUT2D eigenvalue weighted by atomic mass is 10.0. The number of methoxy groups -OCH3 is 1. The Balaban J connectivity index is 4.40. The van der Waals surface area contributed by atoms with Crippen molar-refractivity contribution in [3.63, 3.8) is 0 Å². The molecule has 0 fully saturated rings. The molecule has 0 spiro atoms. The summed E-state index contributed by atoms with van der Waals surface area (Å²) in [5, 5.41) is 8.95. The maximum Gasteiger partial charge on any atom is 0.307 e. The lowest BCUT2D eigenvalue weighted by Crippen LogP contribution is -2.45. The molecule has 1 N–H and O–H groups in total. The van der Waals surface area contributed by atoms with Crippen LogP contribution in [0.15, 0.2) is 0 Å². The molecule has 0 aliphatic heterocycles. The van der Waals surface area contributed by atoms with E-state index in [0.717, 1.165) is 6.54 Å². The monoisotopic (exact) mass is 217 g/mol. The number of aliphatic carboxylic acids is 1. The van der Waals surface area contributed by atoms with E-state index in [1.54, 1.807) is 14.0 Å². The standard InChI is InChI=1S/C11H23NO3/c1-8(2)12(6-7-15-5)10(4)9(3)11(13)14/h8-10H,6-7H2,1-5H3,(H,13,14). The number of carbonyl (C=O) groups is 1. The summed E-state index contributed by atoms with van der Waals surface area (Å²) in [5.41, 5.74) is 0. The summed E-state index contributed by atoms with van der Waals surface area (Å²) in [7, 11) is 1.66. The van der Waals surface area contributed by atoms with Crippen molar-refractivity contribution >= 4 is 5.97 Å². The Morgan fingerprint density at radius 2 is 1.87 bits per heavy atom. The van der Waals surface area contributed by atoms with Gasteiger partial charge in [-0.1, -0.05) is 6.92 Å². The van der Waals surface area contributed by atoms with Crippen LogP contribution in [0.1, 0.15) is 27.7 Å². The molecule has 90 valence electrons. The predicted octanol–water partition coefficient (Wildman–Crippen LogP) is 1.45. The van der Waals surface area contributed by atoms with Gasteiger partial charge < -0.3 is 9.84 Å². The van der Waals surface area contributed by atoms with Crippen molar-refractivity contribution in [2.45, 2.75) is 39.8 Å². The van der Waals surface area contributed by atoms with Gasteiger partial charge in [0.2, 0.25) is 0 Å². The van der Waals surface area contributed by atoms with Gasteiger partial charge in [0.05, 0.1) is 12.5 Å².